The minimum absolute atomic E-state index is 0.00701. The molecule has 2 heterocycles. The molecule has 4 aromatic carbocycles. The topological polar surface area (TPSA) is 125 Å². The van der Waals surface area contributed by atoms with Crippen molar-refractivity contribution in [2.24, 2.45) is 23.7 Å². The average molecular weight is 767 g/mol. The fourth-order valence-corrected chi connectivity index (χ4v) is 9.63. The van der Waals surface area contributed by atoms with Crippen LogP contribution >= 0.6 is 23.2 Å². The highest BCUT2D eigenvalue weighted by molar-refractivity contribution is 6.36. The summed E-state index contributed by atoms with van der Waals surface area (Å²) in [7, 11) is 1.55. The largest absolute Gasteiger partial charge is 0.497 e. The molecule has 0 radical (unpaired) electrons. The van der Waals surface area contributed by atoms with Crippen LogP contribution in [0.5, 0.6) is 11.5 Å². The van der Waals surface area contributed by atoms with Crippen LogP contribution < -0.4 is 14.9 Å². The van der Waals surface area contributed by atoms with Gasteiger partial charge in [0.1, 0.15) is 18.1 Å². The van der Waals surface area contributed by atoms with Crippen LogP contribution in [0, 0.1) is 23.7 Å². The van der Waals surface area contributed by atoms with Crippen LogP contribution in [0.4, 0.5) is 5.69 Å². The number of fused-ring (bicyclic) bond motifs is 4. The van der Waals surface area contributed by atoms with Gasteiger partial charge < -0.3 is 14.6 Å². The van der Waals surface area contributed by atoms with E-state index in [1.165, 1.54) is 11.0 Å². The van der Waals surface area contributed by atoms with Gasteiger partial charge in [-0.15, -0.1) is 0 Å². The first-order valence-electron chi connectivity index (χ1n) is 17.8. The van der Waals surface area contributed by atoms with Gasteiger partial charge in [-0.3, -0.25) is 29.5 Å². The number of allylic oxidation sites excluding steroid dienone is 2. The number of methoxy groups -OCH3 is 1. The van der Waals surface area contributed by atoms with E-state index < -0.39 is 46.8 Å². The third-order valence-electron chi connectivity index (χ3n) is 11.4. The molecule has 2 aliphatic heterocycles. The number of carbonyl (C=O) groups is 4. The Labute approximate surface area is 322 Å². The molecule has 12 heteroatoms. The first-order chi connectivity index (χ1) is 26.2. The first-order valence-corrected chi connectivity index (χ1v) is 18.6. The number of aliphatic hydroxyl groups excluding tert-OH is 1. The number of carbonyl (C=O) groups excluding carboxylic acids is 4. The number of hydrazine groups is 1. The van der Waals surface area contributed by atoms with E-state index >= 15 is 4.79 Å². The SMILES string of the molecule is COc1ccc([C@@]23C(=O)N(Nc4ccc(Cl)cc4Cl)C(=O)[C@@H]2C[C@@H]2C(=CC[C@@H]4C(=O)N(Cc5ccccc5)C(=O)[C@@H]42)[C@@H]3c2ccccc2OCCO)cc1. The maximum atomic E-state index is 15.5. The number of benzene rings is 4. The van der Waals surface area contributed by atoms with Crippen LogP contribution in [0.1, 0.15) is 35.4 Å². The number of hydrogen-bond donors (Lipinski definition) is 2. The number of aliphatic hydroxyl groups is 1. The van der Waals surface area contributed by atoms with Gasteiger partial charge >= 0.3 is 0 Å². The van der Waals surface area contributed by atoms with Crippen molar-refractivity contribution in [3.05, 3.63) is 135 Å². The zero-order chi connectivity index (χ0) is 37.7. The predicted molar refractivity (Wildman–Crippen MR) is 202 cm³/mol. The second-order valence-electron chi connectivity index (χ2n) is 14.1. The fourth-order valence-electron chi connectivity index (χ4n) is 9.18. The van der Waals surface area contributed by atoms with Crippen molar-refractivity contribution in [3.8, 4) is 11.5 Å². The minimum atomic E-state index is -1.54. The monoisotopic (exact) mass is 765 g/mol. The van der Waals surface area contributed by atoms with Crippen LogP contribution in [0.2, 0.25) is 10.0 Å². The number of hydrogen-bond acceptors (Lipinski definition) is 8. The van der Waals surface area contributed by atoms with E-state index in [1.807, 2.05) is 48.5 Å². The Morgan fingerprint density at radius 1 is 0.870 bits per heavy atom. The lowest BCUT2D eigenvalue weighted by Gasteiger charge is -2.50. The van der Waals surface area contributed by atoms with Gasteiger partial charge in [-0.25, -0.2) is 0 Å². The van der Waals surface area contributed by atoms with Crippen LogP contribution in [0.25, 0.3) is 0 Å². The number of nitrogens with one attached hydrogen (secondary N) is 1. The number of halogens is 2. The van der Waals surface area contributed by atoms with Gasteiger partial charge in [0.25, 0.3) is 11.8 Å². The van der Waals surface area contributed by atoms with Crippen LogP contribution in [-0.4, -0.2) is 59.0 Å². The molecule has 2 aliphatic carbocycles. The molecule has 4 aliphatic rings. The molecule has 4 amide bonds. The number of imide groups is 2. The van der Waals surface area contributed by atoms with E-state index in [2.05, 4.69) is 5.43 Å². The summed E-state index contributed by atoms with van der Waals surface area (Å²) in [5.41, 5.74) is 4.59. The maximum Gasteiger partial charge on any atom is 0.260 e. The standard InChI is InChI=1S/C42H37Cl2N3O7/c1-53-27-14-11-25(12-15-27)42-32(39(50)47(41(42)52)45-34-18-13-26(43)21-33(34)44)22-31-28(37(42)29-9-5-6-10-35(29)54-20-19-48)16-17-30-36(31)40(51)46(38(30)49)23-24-7-3-2-4-8-24/h2-16,18,21,30-32,36-37,45,48H,17,19-20,22-23H2,1H3/t30-,31+,32-,36-,37+,42+/m0/s1. The molecule has 54 heavy (non-hydrogen) atoms. The van der Waals surface area contributed by atoms with Crippen LogP contribution in [0.15, 0.2) is 109 Å². The average Bonchev–Trinajstić information content (AvgIpc) is 3.55. The summed E-state index contributed by atoms with van der Waals surface area (Å²) in [4.78, 5) is 60.3. The highest BCUT2D eigenvalue weighted by Gasteiger charge is 2.70. The van der Waals surface area contributed by atoms with E-state index in [4.69, 9.17) is 32.7 Å². The van der Waals surface area contributed by atoms with E-state index in [0.717, 1.165) is 16.1 Å². The van der Waals surface area contributed by atoms with Crippen molar-refractivity contribution >= 4 is 52.5 Å². The lowest BCUT2D eigenvalue weighted by atomic mass is 9.49. The van der Waals surface area contributed by atoms with Gasteiger partial charge in [-0.05, 0) is 66.3 Å². The summed E-state index contributed by atoms with van der Waals surface area (Å²) in [6.07, 6.45) is 2.42. The van der Waals surface area contributed by atoms with Crippen molar-refractivity contribution in [3.63, 3.8) is 0 Å². The number of amides is 4. The van der Waals surface area contributed by atoms with Crippen LogP contribution in [0.3, 0.4) is 0 Å². The zero-order valence-electron chi connectivity index (χ0n) is 29.3. The summed E-state index contributed by atoms with van der Waals surface area (Å²) in [5.74, 6) is -4.26. The molecule has 4 aromatic rings. The van der Waals surface area contributed by atoms with Gasteiger partial charge in [0, 0.05) is 16.5 Å². The normalized spacial score (nSPS) is 25.9. The second-order valence-corrected chi connectivity index (χ2v) is 14.9. The Hall–Kier alpha value is -5.16. The first kappa shape index (κ1) is 35.8. The Bertz CT molecular complexity index is 2180. The molecule has 0 spiro atoms. The zero-order valence-corrected chi connectivity index (χ0v) is 30.8. The number of para-hydroxylation sites is 1. The Morgan fingerprint density at radius 2 is 1.61 bits per heavy atom. The van der Waals surface area contributed by atoms with Crippen molar-refractivity contribution in [2.75, 3.05) is 25.7 Å². The molecular weight excluding hydrogens is 729 g/mol. The number of rotatable bonds is 10. The lowest BCUT2D eigenvalue weighted by molar-refractivity contribution is -0.142. The van der Waals surface area contributed by atoms with Crippen molar-refractivity contribution in [1.29, 1.82) is 0 Å². The van der Waals surface area contributed by atoms with Gasteiger partial charge in [0.05, 0.1) is 54.1 Å². The van der Waals surface area contributed by atoms with Crippen molar-refractivity contribution < 1.29 is 33.8 Å². The maximum absolute atomic E-state index is 15.5. The van der Waals surface area contributed by atoms with E-state index in [-0.39, 0.29) is 49.4 Å². The minimum Gasteiger partial charge on any atom is -0.497 e. The fraction of sp³-hybridized carbons (Fsp3) is 0.286. The van der Waals surface area contributed by atoms with E-state index in [9.17, 15) is 19.5 Å². The van der Waals surface area contributed by atoms with Crippen LogP contribution in [-0.2, 0) is 31.1 Å². The predicted octanol–water partition coefficient (Wildman–Crippen LogP) is 6.56. The second kappa shape index (κ2) is 14.2. The Kier molecular flexibility index (Phi) is 9.46. The van der Waals surface area contributed by atoms with E-state index in [1.54, 1.807) is 55.6 Å². The molecule has 1 saturated carbocycles. The summed E-state index contributed by atoms with van der Waals surface area (Å²) < 4.78 is 11.6. The molecule has 6 atom stereocenters. The van der Waals surface area contributed by atoms with Crippen molar-refractivity contribution in [2.45, 2.75) is 30.7 Å². The lowest BCUT2D eigenvalue weighted by Crippen LogP contribution is -2.53. The molecule has 0 aromatic heterocycles. The van der Waals surface area contributed by atoms with Gasteiger partial charge in [0.2, 0.25) is 11.8 Å². The molecule has 2 saturated heterocycles. The quantitative estimate of drug-likeness (QED) is 0.138. The third kappa shape index (κ3) is 5.66. The smallest absolute Gasteiger partial charge is 0.260 e. The molecule has 0 bridgehead atoms. The molecular formula is C42H37Cl2N3O7. The van der Waals surface area contributed by atoms with Gasteiger partial charge in [-0.1, -0.05) is 95.5 Å². The van der Waals surface area contributed by atoms with Gasteiger partial charge in [-0.2, -0.15) is 5.01 Å². The molecule has 3 fully saturated rings. The summed E-state index contributed by atoms with van der Waals surface area (Å²) in [6, 6.07) is 28.5. The molecule has 2 N–H and O–H groups in total. The summed E-state index contributed by atoms with van der Waals surface area (Å²) in [5, 5.41) is 11.4. The van der Waals surface area contributed by atoms with Gasteiger partial charge in [0.15, 0.2) is 0 Å². The molecule has 10 nitrogen and oxygen atoms in total. The summed E-state index contributed by atoms with van der Waals surface area (Å²) in [6.45, 7) is -0.108. The Balaban J connectivity index is 1.32. The molecule has 0 unspecified atom stereocenters. The highest BCUT2D eigenvalue weighted by atomic mass is 35.5. The third-order valence-corrected chi connectivity index (χ3v) is 12.0. The molecule has 276 valence electrons. The van der Waals surface area contributed by atoms with Crippen molar-refractivity contribution in [1.82, 2.24) is 9.91 Å². The summed E-state index contributed by atoms with van der Waals surface area (Å²) >= 11 is 12.8. The number of ether oxygens (including phenoxy) is 2. The Morgan fingerprint density at radius 3 is 2.33 bits per heavy atom. The number of nitrogens with zero attached hydrogens (tertiary/aromatic N) is 2. The number of anilines is 1. The number of likely N-dealkylation sites (tertiary alicyclic amines) is 1. The molecule has 8 rings (SSSR count). The van der Waals surface area contributed by atoms with E-state index in [0.29, 0.717) is 33.3 Å². The highest BCUT2D eigenvalue weighted by Crippen LogP contribution is 2.65.